The predicted octanol–water partition coefficient (Wildman–Crippen LogP) is 3.69. The Morgan fingerprint density at radius 3 is 2.84 bits per heavy atom. The van der Waals surface area contributed by atoms with E-state index in [9.17, 15) is 4.79 Å². The van der Waals surface area contributed by atoms with Crippen molar-refractivity contribution < 1.29 is 9.53 Å². The lowest BCUT2D eigenvalue weighted by Gasteiger charge is -2.41. The zero-order valence-electron chi connectivity index (χ0n) is 11.2. The number of benzene rings is 1. The smallest absolute Gasteiger partial charge is 0.255 e. The highest BCUT2D eigenvalue weighted by atomic mass is 127. The van der Waals surface area contributed by atoms with Gasteiger partial charge in [-0.15, -0.1) is 0 Å². The number of ether oxygens (including phenoxy) is 1. The highest BCUT2D eigenvalue weighted by molar-refractivity contribution is 14.1. The zero-order valence-corrected chi connectivity index (χ0v) is 15.0. The van der Waals surface area contributed by atoms with Gasteiger partial charge in [-0.05, 0) is 61.6 Å². The normalized spacial score (nSPS) is 22.4. The van der Waals surface area contributed by atoms with Gasteiger partial charge in [0.2, 0.25) is 0 Å². The summed E-state index contributed by atoms with van der Waals surface area (Å²) in [6.07, 6.45) is 0.0671. The molecule has 3 nitrogen and oxygen atoms in total. The molecule has 0 saturated carbocycles. The van der Waals surface area contributed by atoms with E-state index >= 15 is 0 Å². The highest BCUT2D eigenvalue weighted by Crippen LogP contribution is 2.25. The molecule has 1 atom stereocenters. The van der Waals surface area contributed by atoms with Crippen LogP contribution in [0.4, 0.5) is 0 Å². The molecule has 2 rings (SSSR count). The van der Waals surface area contributed by atoms with Crippen molar-refractivity contribution >= 4 is 44.4 Å². The Labute approximate surface area is 136 Å². The summed E-state index contributed by atoms with van der Waals surface area (Å²) < 4.78 is 7.74. The molecule has 0 aromatic heterocycles. The Morgan fingerprint density at radius 1 is 1.53 bits per heavy atom. The molecule has 0 N–H and O–H groups in total. The van der Waals surface area contributed by atoms with E-state index in [0.717, 1.165) is 13.6 Å². The van der Waals surface area contributed by atoms with Gasteiger partial charge in [0.05, 0.1) is 17.3 Å². The Balaban J connectivity index is 2.26. The van der Waals surface area contributed by atoms with Gasteiger partial charge in [-0.1, -0.05) is 15.9 Å². The molecule has 1 saturated heterocycles. The number of hydrogen-bond acceptors (Lipinski definition) is 2. The molecular weight excluding hydrogens is 421 g/mol. The van der Waals surface area contributed by atoms with Gasteiger partial charge in [0, 0.05) is 21.1 Å². The fourth-order valence-corrected chi connectivity index (χ4v) is 3.37. The second-order valence-electron chi connectivity index (χ2n) is 5.50. The molecule has 0 radical (unpaired) electrons. The fourth-order valence-electron chi connectivity index (χ4n) is 2.44. The fraction of sp³-hybridized carbons (Fsp3) is 0.500. The Morgan fingerprint density at radius 2 is 2.21 bits per heavy atom. The summed E-state index contributed by atoms with van der Waals surface area (Å²) in [6.45, 7) is 7.32. The number of halogens is 2. The maximum Gasteiger partial charge on any atom is 0.255 e. The van der Waals surface area contributed by atoms with Crippen LogP contribution in [0, 0.1) is 3.57 Å². The lowest BCUT2D eigenvalue weighted by Crippen LogP contribution is -2.53. The first kappa shape index (κ1) is 15.3. The minimum atomic E-state index is -0.287. The van der Waals surface area contributed by atoms with E-state index in [-0.39, 0.29) is 17.6 Å². The van der Waals surface area contributed by atoms with Gasteiger partial charge in [-0.25, -0.2) is 0 Å². The second kappa shape index (κ2) is 5.69. The summed E-state index contributed by atoms with van der Waals surface area (Å²) in [5.74, 6) is 0.0777. The van der Waals surface area contributed by atoms with Crippen molar-refractivity contribution in [2.45, 2.75) is 32.5 Å². The van der Waals surface area contributed by atoms with Crippen LogP contribution in [-0.4, -0.2) is 35.6 Å². The number of morpholine rings is 1. The first-order valence-corrected chi connectivity index (χ1v) is 8.08. The van der Waals surface area contributed by atoms with Gasteiger partial charge in [-0.2, -0.15) is 0 Å². The topological polar surface area (TPSA) is 29.5 Å². The molecular formula is C14H17BrINO2. The van der Waals surface area contributed by atoms with Crippen LogP contribution in [-0.2, 0) is 4.74 Å². The maximum atomic E-state index is 12.7. The zero-order chi connectivity index (χ0) is 14.2. The van der Waals surface area contributed by atoms with Crippen LogP contribution in [0.15, 0.2) is 22.7 Å². The molecule has 0 bridgehead atoms. The standard InChI is InChI=1S/C14H17BrINO2/c1-9-7-17(8-14(2,3)19-9)13(18)11-6-10(15)4-5-12(11)16/h4-6,9H,7-8H2,1-3H3. The van der Waals surface area contributed by atoms with Crippen LogP contribution in [0.3, 0.4) is 0 Å². The average molecular weight is 438 g/mol. The van der Waals surface area contributed by atoms with Crippen LogP contribution >= 0.6 is 38.5 Å². The Bertz CT molecular complexity index is 504. The molecule has 0 aliphatic carbocycles. The van der Waals surface area contributed by atoms with E-state index in [1.807, 2.05) is 43.9 Å². The van der Waals surface area contributed by atoms with Gasteiger partial charge in [0.15, 0.2) is 0 Å². The largest absolute Gasteiger partial charge is 0.369 e. The molecule has 19 heavy (non-hydrogen) atoms. The number of rotatable bonds is 1. The van der Waals surface area contributed by atoms with Crippen molar-refractivity contribution in [1.82, 2.24) is 4.90 Å². The molecule has 1 fully saturated rings. The van der Waals surface area contributed by atoms with E-state index in [0.29, 0.717) is 13.1 Å². The second-order valence-corrected chi connectivity index (χ2v) is 7.58. The highest BCUT2D eigenvalue weighted by Gasteiger charge is 2.34. The number of amides is 1. The first-order chi connectivity index (χ1) is 8.78. The van der Waals surface area contributed by atoms with Gasteiger partial charge < -0.3 is 9.64 Å². The summed E-state index contributed by atoms with van der Waals surface area (Å²) in [7, 11) is 0. The number of carbonyl (C=O) groups is 1. The molecule has 1 heterocycles. The minimum absolute atomic E-state index is 0.0671. The first-order valence-electron chi connectivity index (χ1n) is 6.21. The third-order valence-corrected chi connectivity index (χ3v) is 4.45. The maximum absolute atomic E-state index is 12.7. The number of hydrogen-bond donors (Lipinski definition) is 0. The van der Waals surface area contributed by atoms with Crippen molar-refractivity contribution in [3.63, 3.8) is 0 Å². The van der Waals surface area contributed by atoms with E-state index in [2.05, 4.69) is 38.5 Å². The van der Waals surface area contributed by atoms with E-state index < -0.39 is 0 Å². The number of carbonyl (C=O) groups excluding carboxylic acids is 1. The molecule has 1 aliphatic rings. The van der Waals surface area contributed by atoms with Gasteiger partial charge in [-0.3, -0.25) is 4.79 Å². The minimum Gasteiger partial charge on any atom is -0.369 e. The van der Waals surface area contributed by atoms with Crippen LogP contribution in [0.25, 0.3) is 0 Å². The average Bonchev–Trinajstić information content (AvgIpc) is 2.29. The molecule has 5 heteroatoms. The Hall–Kier alpha value is -0.140. The summed E-state index contributed by atoms with van der Waals surface area (Å²) in [5.41, 5.74) is 0.463. The van der Waals surface area contributed by atoms with Crippen molar-refractivity contribution in [3.05, 3.63) is 31.8 Å². The molecule has 1 aromatic rings. The van der Waals surface area contributed by atoms with Gasteiger partial charge in [0.25, 0.3) is 5.91 Å². The third kappa shape index (κ3) is 3.70. The lowest BCUT2D eigenvalue weighted by molar-refractivity contribution is -0.118. The monoisotopic (exact) mass is 437 g/mol. The quantitative estimate of drug-likeness (QED) is 0.627. The van der Waals surface area contributed by atoms with E-state index in [1.54, 1.807) is 0 Å². The van der Waals surface area contributed by atoms with Crippen molar-refractivity contribution in [2.75, 3.05) is 13.1 Å². The third-order valence-electron chi connectivity index (χ3n) is 3.02. The van der Waals surface area contributed by atoms with Crippen LogP contribution in [0.5, 0.6) is 0 Å². The van der Waals surface area contributed by atoms with Crippen molar-refractivity contribution in [1.29, 1.82) is 0 Å². The van der Waals surface area contributed by atoms with Gasteiger partial charge >= 0.3 is 0 Å². The predicted molar refractivity (Wildman–Crippen MR) is 87.4 cm³/mol. The molecule has 1 amide bonds. The molecule has 1 unspecified atom stereocenters. The molecule has 1 aliphatic heterocycles. The van der Waals surface area contributed by atoms with E-state index in [4.69, 9.17) is 4.74 Å². The SMILES string of the molecule is CC1CN(C(=O)c2cc(Br)ccc2I)CC(C)(C)O1. The van der Waals surface area contributed by atoms with Crippen molar-refractivity contribution in [2.24, 2.45) is 0 Å². The van der Waals surface area contributed by atoms with Gasteiger partial charge in [0.1, 0.15) is 0 Å². The van der Waals surface area contributed by atoms with E-state index in [1.165, 1.54) is 0 Å². The summed E-state index contributed by atoms with van der Waals surface area (Å²) in [6, 6.07) is 5.79. The summed E-state index contributed by atoms with van der Waals surface area (Å²) in [5, 5.41) is 0. The summed E-state index contributed by atoms with van der Waals surface area (Å²) in [4.78, 5) is 14.5. The Kier molecular flexibility index (Phi) is 4.57. The lowest BCUT2D eigenvalue weighted by atomic mass is 10.0. The molecule has 0 spiro atoms. The van der Waals surface area contributed by atoms with Crippen LogP contribution < -0.4 is 0 Å². The van der Waals surface area contributed by atoms with Crippen LogP contribution in [0.1, 0.15) is 31.1 Å². The summed E-state index contributed by atoms with van der Waals surface area (Å²) >= 11 is 5.63. The molecule has 1 aromatic carbocycles. The van der Waals surface area contributed by atoms with Crippen LogP contribution in [0.2, 0.25) is 0 Å². The number of nitrogens with zero attached hydrogens (tertiary/aromatic N) is 1. The van der Waals surface area contributed by atoms with Crippen molar-refractivity contribution in [3.8, 4) is 0 Å². The molecule has 104 valence electrons.